The monoisotopic (exact) mass is 1270 g/mol. The molecule has 0 saturated carbocycles. The first-order chi connectivity index (χ1) is 43.5. The molecule has 0 aliphatic carbocycles. The average Bonchev–Trinajstić information content (AvgIpc) is 2.24. The molecule has 4 aromatic carbocycles. The number of likely N-dealkylation sites (N-methyl/N-ethyl adjacent to an activating group) is 1. The van der Waals surface area contributed by atoms with Gasteiger partial charge in [-0.25, -0.2) is 33.7 Å². The summed E-state index contributed by atoms with van der Waals surface area (Å²) in [4.78, 5) is 76.7. The summed E-state index contributed by atoms with van der Waals surface area (Å²) in [6.07, 6.45) is -7.52. The second-order valence-corrected chi connectivity index (χ2v) is 21.0. The van der Waals surface area contributed by atoms with Crippen molar-refractivity contribution < 1.29 is 59.0 Å². The first kappa shape index (κ1) is 63.8. The van der Waals surface area contributed by atoms with Gasteiger partial charge in [-0.2, -0.15) is 45.9 Å². The number of carbonyl (C=O) groups excluding carboxylic acids is 4. The Bertz CT molecular complexity index is 3980. The van der Waals surface area contributed by atoms with Crippen LogP contribution in [0.4, 0.5) is 81.1 Å². The van der Waals surface area contributed by atoms with Crippen LogP contribution in [0.1, 0.15) is 63.9 Å². The lowest BCUT2D eigenvalue weighted by Crippen LogP contribution is -2.47. The number of aromatic nitrogens is 8. The normalized spacial score (nSPS) is 14.1. The Hall–Kier alpha value is -10.2. The van der Waals surface area contributed by atoms with Crippen molar-refractivity contribution in [2.24, 2.45) is 0 Å². The molecular formula is C59H59F8N19O5. The molecule has 6 heterocycles. The molecule has 32 heteroatoms. The second kappa shape index (κ2) is 27.7. The van der Waals surface area contributed by atoms with Crippen LogP contribution in [0.25, 0.3) is 11.6 Å². The van der Waals surface area contributed by atoms with E-state index in [0.29, 0.717) is 98.7 Å². The fourth-order valence-electron chi connectivity index (χ4n) is 9.63. The molecule has 24 nitrogen and oxygen atoms in total. The van der Waals surface area contributed by atoms with Crippen LogP contribution < -0.4 is 42.6 Å². The molecule has 8 N–H and O–H groups in total. The standard InChI is InChI=1S/C59H59F8N19O5/c1-34-4-8-38(75-54(87)36-6-10-42(60)40(24-36)58(62,63)64)26-44(34)77-52-28-46(79-86(52)51-31-49(72-33-74-51)81-84-18-16-82(3)17-19-84)56(89)69-13-12-35-5-9-39(76-55(88)37-7-11-43(61)41(25-37)59(65,66)67)27-45(35)78-53-29-47(57(90)70-14-15-83-20-22-91-23-21-83)80-85(53)50-30-48(68-2)71-32-73-50/h4-11,24-33,77-78H,12-23H2,1-3H3,(H,69,89)(H,70,90)(H,75,87)(H,76,88)(H,68,71,73)(H,72,74,81). The molecule has 476 valence electrons. The smallest absolute Gasteiger partial charge is 0.379 e. The summed E-state index contributed by atoms with van der Waals surface area (Å²) in [5.41, 5.74) is 0.866. The van der Waals surface area contributed by atoms with E-state index in [-0.39, 0.29) is 71.2 Å². The van der Waals surface area contributed by atoms with Crippen molar-refractivity contribution in [3.8, 4) is 11.6 Å². The zero-order chi connectivity index (χ0) is 64.6. The summed E-state index contributed by atoms with van der Waals surface area (Å²) in [7, 11) is 3.65. The SMILES string of the molecule is CNc1cc(-n2nc(C(=O)NCCN3CCOCC3)cc2Nc2cc(NC(=O)c3ccc(F)c(C(F)(F)F)c3)ccc2CCNC(=O)c2cc(Nc3cc(NC(=O)c4ccc(F)c(C(F)(F)F)c4)ccc3C)n(-c3cc(NN4CCN(C)CC4)ncn3)n2)ncn1. The van der Waals surface area contributed by atoms with E-state index in [0.717, 1.165) is 25.2 Å². The number of aryl methyl sites for hydroxylation is 1. The lowest BCUT2D eigenvalue weighted by molar-refractivity contribution is -0.140. The number of carbonyl (C=O) groups is 4. The minimum absolute atomic E-state index is 0.0237. The number of hydrogen-bond donors (Lipinski definition) is 8. The highest BCUT2D eigenvalue weighted by atomic mass is 19.4. The third-order valence-corrected chi connectivity index (χ3v) is 14.6. The molecule has 4 amide bonds. The molecule has 0 unspecified atom stereocenters. The molecule has 2 fully saturated rings. The number of rotatable bonds is 21. The number of nitrogens with zero attached hydrogens (tertiary/aromatic N) is 11. The van der Waals surface area contributed by atoms with Gasteiger partial charge in [0.15, 0.2) is 23.0 Å². The van der Waals surface area contributed by atoms with Gasteiger partial charge in [0.05, 0.1) is 24.3 Å². The van der Waals surface area contributed by atoms with Crippen LogP contribution in [-0.4, -0.2) is 164 Å². The van der Waals surface area contributed by atoms with Crippen LogP contribution in [0.5, 0.6) is 0 Å². The zero-order valence-electron chi connectivity index (χ0n) is 48.9. The maximum absolute atomic E-state index is 14.4. The van der Waals surface area contributed by atoms with Crippen LogP contribution in [-0.2, 0) is 23.5 Å². The third kappa shape index (κ3) is 16.0. The van der Waals surface area contributed by atoms with Gasteiger partial charge in [0, 0.05) is 124 Å². The summed E-state index contributed by atoms with van der Waals surface area (Å²) in [6.45, 7) is 7.95. The highest BCUT2D eigenvalue weighted by Gasteiger charge is 2.36. The number of benzene rings is 4. The molecule has 0 radical (unpaired) electrons. The lowest BCUT2D eigenvalue weighted by Gasteiger charge is -2.32. The van der Waals surface area contributed by atoms with Crippen LogP contribution in [0.3, 0.4) is 0 Å². The maximum Gasteiger partial charge on any atom is 0.419 e. The molecule has 2 aliphatic rings. The number of hydrogen-bond acceptors (Lipinski definition) is 18. The van der Waals surface area contributed by atoms with Gasteiger partial charge < -0.3 is 52.3 Å². The first-order valence-electron chi connectivity index (χ1n) is 28.3. The zero-order valence-corrected chi connectivity index (χ0v) is 48.9. The highest BCUT2D eigenvalue weighted by molar-refractivity contribution is 6.05. The Morgan fingerprint density at radius 3 is 1.65 bits per heavy atom. The first-order valence-corrected chi connectivity index (χ1v) is 28.3. The summed E-state index contributed by atoms with van der Waals surface area (Å²) in [5.74, 6) is -4.69. The van der Waals surface area contributed by atoms with Crippen LogP contribution >= 0.6 is 0 Å². The molecule has 4 aromatic heterocycles. The van der Waals surface area contributed by atoms with Crippen molar-refractivity contribution in [1.82, 2.24) is 64.9 Å². The van der Waals surface area contributed by atoms with Gasteiger partial charge in [0.2, 0.25) is 0 Å². The van der Waals surface area contributed by atoms with Crippen LogP contribution in [0.2, 0.25) is 0 Å². The number of nitrogens with one attached hydrogen (secondary N) is 8. The lowest BCUT2D eigenvalue weighted by atomic mass is 10.1. The highest BCUT2D eigenvalue weighted by Crippen LogP contribution is 2.35. The van der Waals surface area contributed by atoms with Gasteiger partial charge in [0.1, 0.15) is 47.6 Å². The molecule has 0 spiro atoms. The molecule has 2 aliphatic heterocycles. The van der Waals surface area contributed by atoms with Gasteiger partial charge in [-0.15, -0.1) is 0 Å². The minimum atomic E-state index is -5.10. The Balaban J connectivity index is 0.939. The van der Waals surface area contributed by atoms with Crippen molar-refractivity contribution in [3.63, 3.8) is 0 Å². The topological polar surface area (TPSA) is 271 Å². The fraction of sp³-hybridized carbons (Fsp3) is 0.288. The fourth-order valence-corrected chi connectivity index (χ4v) is 9.63. The molecule has 8 aromatic rings. The number of halogens is 8. The van der Waals surface area contributed by atoms with E-state index in [2.05, 4.69) is 82.6 Å². The number of ether oxygens (including phenoxy) is 1. The largest absolute Gasteiger partial charge is 0.419 e. The number of piperazine rings is 1. The van der Waals surface area contributed by atoms with Crippen molar-refractivity contribution >= 4 is 69.6 Å². The predicted molar refractivity (Wildman–Crippen MR) is 319 cm³/mol. The average molecular weight is 1270 g/mol. The number of anilines is 8. The van der Waals surface area contributed by atoms with Gasteiger partial charge >= 0.3 is 12.4 Å². The minimum Gasteiger partial charge on any atom is -0.379 e. The Morgan fingerprint density at radius 2 is 1.09 bits per heavy atom. The molecule has 2 saturated heterocycles. The van der Waals surface area contributed by atoms with Crippen LogP contribution in [0.15, 0.2) is 110 Å². The Kier molecular flexibility index (Phi) is 19.4. The maximum atomic E-state index is 14.4. The summed E-state index contributed by atoms with van der Waals surface area (Å²) in [6, 6.07) is 19.0. The van der Waals surface area contributed by atoms with E-state index >= 15 is 0 Å². The molecule has 0 atom stereocenters. The van der Waals surface area contributed by atoms with Gasteiger partial charge in [0.25, 0.3) is 23.6 Å². The second-order valence-electron chi connectivity index (χ2n) is 21.0. The van der Waals surface area contributed by atoms with Gasteiger partial charge in [-0.05, 0) is 92.2 Å². The molecular weight excluding hydrogens is 1210 g/mol. The van der Waals surface area contributed by atoms with Crippen molar-refractivity contribution in [3.05, 3.63) is 166 Å². The summed E-state index contributed by atoms with van der Waals surface area (Å²) < 4.78 is 119. The predicted octanol–water partition coefficient (Wildman–Crippen LogP) is 7.90. The molecule has 10 rings (SSSR count). The third-order valence-electron chi connectivity index (χ3n) is 14.6. The Labute approximate surface area is 513 Å². The number of hydrazine groups is 1. The van der Waals surface area contributed by atoms with Crippen molar-refractivity contribution in [1.29, 1.82) is 0 Å². The van der Waals surface area contributed by atoms with E-state index < -0.39 is 69.9 Å². The van der Waals surface area contributed by atoms with Crippen molar-refractivity contribution in [2.75, 3.05) is 118 Å². The molecule has 0 bridgehead atoms. The number of amides is 4. The quantitative estimate of drug-likeness (QED) is 0.0318. The van der Waals surface area contributed by atoms with E-state index in [1.54, 1.807) is 38.2 Å². The van der Waals surface area contributed by atoms with E-state index in [1.165, 1.54) is 58.4 Å². The van der Waals surface area contributed by atoms with E-state index in [9.17, 15) is 54.3 Å². The van der Waals surface area contributed by atoms with Gasteiger partial charge in [-0.1, -0.05) is 12.1 Å². The summed E-state index contributed by atoms with van der Waals surface area (Å²) in [5, 5.41) is 31.6. The van der Waals surface area contributed by atoms with E-state index in [4.69, 9.17) is 4.74 Å². The number of alkyl halides is 6. The van der Waals surface area contributed by atoms with Crippen LogP contribution in [0, 0.1) is 18.6 Å². The summed E-state index contributed by atoms with van der Waals surface area (Å²) >= 11 is 0. The Morgan fingerprint density at radius 1 is 0.571 bits per heavy atom. The van der Waals surface area contributed by atoms with Crippen molar-refractivity contribution in [2.45, 2.75) is 25.7 Å². The van der Waals surface area contributed by atoms with Gasteiger partial charge in [-0.3, -0.25) is 24.1 Å². The number of morpholine rings is 1. The van der Waals surface area contributed by atoms with E-state index in [1.807, 2.05) is 12.1 Å². The molecule has 91 heavy (non-hydrogen) atoms.